The Morgan fingerprint density at radius 3 is 2.69 bits per heavy atom. The summed E-state index contributed by atoms with van der Waals surface area (Å²) in [5, 5.41) is 11.3. The molecule has 0 radical (unpaired) electrons. The molecule has 2 aromatic heterocycles. The number of hydrogen-bond acceptors (Lipinski definition) is 7. The van der Waals surface area contributed by atoms with Crippen LogP contribution in [-0.2, 0) is 9.59 Å². The number of Topliss-reactive ketones (excluding diaryl/α,β-unsaturated/α-hetero) is 1. The maximum absolute atomic E-state index is 14.0. The van der Waals surface area contributed by atoms with Crippen molar-refractivity contribution in [2.45, 2.75) is 26.0 Å². The summed E-state index contributed by atoms with van der Waals surface area (Å²) in [5.41, 5.74) is 0.909. The summed E-state index contributed by atoms with van der Waals surface area (Å²) in [7, 11) is 0. The number of carbonyl (C=O) groups is 2. The molecule has 4 aromatic rings. The maximum atomic E-state index is 14.0. The number of thiazole rings is 1. The Labute approximate surface area is 214 Å². The van der Waals surface area contributed by atoms with Crippen LogP contribution in [0, 0.1) is 5.82 Å². The molecule has 1 amide bonds. The molecule has 0 spiro atoms. The summed E-state index contributed by atoms with van der Waals surface area (Å²) in [5.74, 6) is -2.25. The fraction of sp³-hybridized carbons (Fsp3) is 0.154. The van der Waals surface area contributed by atoms with Gasteiger partial charge < -0.3 is 9.84 Å². The monoisotopic (exact) mass is 523 g/mol. The van der Waals surface area contributed by atoms with Crippen molar-refractivity contribution in [2.24, 2.45) is 0 Å². The van der Waals surface area contributed by atoms with Crippen LogP contribution >= 0.6 is 22.9 Å². The first-order chi connectivity index (χ1) is 17.2. The van der Waals surface area contributed by atoms with Crippen molar-refractivity contribution in [1.29, 1.82) is 0 Å². The molecule has 1 atom stereocenters. The molecule has 10 heteroatoms. The van der Waals surface area contributed by atoms with E-state index in [0.717, 1.165) is 11.3 Å². The number of fused-ring (bicyclic) bond motifs is 1. The Balaban J connectivity index is 1.69. The number of aliphatic hydroxyl groups excluding tert-OH is 1. The van der Waals surface area contributed by atoms with Gasteiger partial charge in [-0.15, -0.1) is 0 Å². The summed E-state index contributed by atoms with van der Waals surface area (Å²) in [6, 6.07) is 13.2. The molecule has 36 heavy (non-hydrogen) atoms. The Hall–Kier alpha value is -3.82. The highest BCUT2D eigenvalue weighted by Crippen LogP contribution is 2.44. The maximum Gasteiger partial charge on any atom is 0.301 e. The molecule has 7 nitrogen and oxygen atoms in total. The number of pyridine rings is 1. The highest BCUT2D eigenvalue weighted by molar-refractivity contribution is 7.22. The standard InChI is InChI=1S/C26H19ClFN3O4S/c1-13(2)35-15-7-5-6-14(10-15)23(32)21-22(18-8-3-4-9-29-18)31(25(34)24(21)33)26-30-19-11-16(27)17(28)12-20(19)36-26/h3-13,22,32H,1-2H3/b23-21+. The van der Waals surface area contributed by atoms with Crippen LogP contribution in [0.5, 0.6) is 5.75 Å². The molecule has 1 aliphatic heterocycles. The number of nitrogens with zero attached hydrogens (tertiary/aromatic N) is 3. The summed E-state index contributed by atoms with van der Waals surface area (Å²) >= 11 is 6.94. The van der Waals surface area contributed by atoms with Crippen molar-refractivity contribution in [2.75, 3.05) is 4.90 Å². The summed E-state index contributed by atoms with van der Waals surface area (Å²) in [6.07, 6.45) is 1.43. The van der Waals surface area contributed by atoms with Crippen LogP contribution < -0.4 is 9.64 Å². The Bertz CT molecular complexity index is 1500. The van der Waals surface area contributed by atoms with Gasteiger partial charge in [-0.2, -0.15) is 0 Å². The summed E-state index contributed by atoms with van der Waals surface area (Å²) in [6.45, 7) is 3.74. The number of halogens is 2. The SMILES string of the molecule is CC(C)Oc1cccc(/C(O)=C2\C(=O)C(=O)N(c3nc4cc(Cl)c(F)cc4s3)C2c2ccccn2)c1. The van der Waals surface area contributed by atoms with E-state index in [-0.39, 0.29) is 27.6 Å². The molecule has 1 aliphatic rings. The van der Waals surface area contributed by atoms with Crippen molar-refractivity contribution < 1.29 is 23.8 Å². The van der Waals surface area contributed by atoms with E-state index in [0.29, 0.717) is 27.2 Å². The van der Waals surface area contributed by atoms with Gasteiger partial charge in [0.1, 0.15) is 23.4 Å². The van der Waals surface area contributed by atoms with E-state index in [1.165, 1.54) is 23.2 Å². The lowest BCUT2D eigenvalue weighted by Gasteiger charge is -2.22. The lowest BCUT2D eigenvalue weighted by Crippen LogP contribution is -2.29. The van der Waals surface area contributed by atoms with Crippen molar-refractivity contribution >= 4 is 55.7 Å². The van der Waals surface area contributed by atoms with Gasteiger partial charge in [0.15, 0.2) is 5.13 Å². The number of aromatic nitrogens is 2. The molecular weight excluding hydrogens is 505 g/mol. The second kappa shape index (κ2) is 9.33. The van der Waals surface area contributed by atoms with Gasteiger partial charge in [-0.25, -0.2) is 9.37 Å². The predicted molar refractivity (Wildman–Crippen MR) is 136 cm³/mol. The lowest BCUT2D eigenvalue weighted by molar-refractivity contribution is -0.132. The zero-order valence-corrected chi connectivity index (χ0v) is 20.7. The molecule has 1 unspecified atom stereocenters. The number of rotatable bonds is 5. The fourth-order valence-corrected chi connectivity index (χ4v) is 5.16. The third-order valence-electron chi connectivity index (χ3n) is 5.52. The van der Waals surface area contributed by atoms with Gasteiger partial charge in [-0.3, -0.25) is 19.5 Å². The average molecular weight is 524 g/mol. The zero-order valence-electron chi connectivity index (χ0n) is 19.1. The van der Waals surface area contributed by atoms with Crippen LogP contribution in [0.3, 0.4) is 0 Å². The predicted octanol–water partition coefficient (Wildman–Crippen LogP) is 5.90. The quantitative estimate of drug-likeness (QED) is 0.199. The Kier molecular flexibility index (Phi) is 6.19. The molecule has 1 fully saturated rings. The largest absolute Gasteiger partial charge is 0.507 e. The lowest BCUT2D eigenvalue weighted by atomic mass is 9.98. The Morgan fingerprint density at radius 2 is 1.97 bits per heavy atom. The minimum atomic E-state index is -1.05. The minimum absolute atomic E-state index is 0.0983. The van der Waals surface area contributed by atoms with E-state index >= 15 is 0 Å². The van der Waals surface area contributed by atoms with Crippen molar-refractivity contribution in [3.63, 3.8) is 0 Å². The highest BCUT2D eigenvalue weighted by atomic mass is 35.5. The number of anilines is 1. The van der Waals surface area contributed by atoms with Crippen LogP contribution in [0.15, 0.2) is 66.4 Å². The average Bonchev–Trinajstić information content (AvgIpc) is 3.36. The van der Waals surface area contributed by atoms with Gasteiger partial charge in [-0.05, 0) is 50.2 Å². The van der Waals surface area contributed by atoms with Crippen LogP contribution in [0.2, 0.25) is 5.02 Å². The molecule has 0 saturated carbocycles. The highest BCUT2D eigenvalue weighted by Gasteiger charge is 2.48. The molecule has 1 saturated heterocycles. The fourth-order valence-electron chi connectivity index (χ4n) is 4.01. The van der Waals surface area contributed by atoms with Crippen molar-refractivity contribution in [3.05, 3.63) is 88.5 Å². The first-order valence-corrected chi connectivity index (χ1v) is 12.2. The van der Waals surface area contributed by atoms with Gasteiger partial charge in [0.05, 0.1) is 32.6 Å². The number of benzene rings is 2. The number of ether oxygens (including phenoxy) is 1. The van der Waals surface area contributed by atoms with E-state index in [2.05, 4.69) is 9.97 Å². The normalized spacial score (nSPS) is 17.4. The van der Waals surface area contributed by atoms with Gasteiger partial charge in [-0.1, -0.05) is 41.1 Å². The number of aliphatic hydroxyl groups is 1. The van der Waals surface area contributed by atoms with Crippen LogP contribution in [-0.4, -0.2) is 32.9 Å². The number of carbonyl (C=O) groups excluding carboxylic acids is 2. The molecule has 0 bridgehead atoms. The Morgan fingerprint density at radius 1 is 1.17 bits per heavy atom. The first kappa shape index (κ1) is 23.9. The molecule has 5 rings (SSSR count). The van der Waals surface area contributed by atoms with Gasteiger partial charge >= 0.3 is 5.91 Å². The van der Waals surface area contributed by atoms with E-state index in [4.69, 9.17) is 16.3 Å². The molecular formula is C26H19ClFN3O4S. The second-order valence-corrected chi connectivity index (χ2v) is 9.76. The number of hydrogen-bond donors (Lipinski definition) is 1. The zero-order chi connectivity index (χ0) is 25.6. The van der Waals surface area contributed by atoms with E-state index in [1.54, 1.807) is 42.5 Å². The van der Waals surface area contributed by atoms with Crippen LogP contribution in [0.25, 0.3) is 16.0 Å². The van der Waals surface area contributed by atoms with Crippen molar-refractivity contribution in [1.82, 2.24) is 9.97 Å². The van der Waals surface area contributed by atoms with Crippen molar-refractivity contribution in [3.8, 4) is 5.75 Å². The third kappa shape index (κ3) is 4.20. The third-order valence-corrected chi connectivity index (χ3v) is 6.82. The number of ketones is 1. The second-order valence-electron chi connectivity index (χ2n) is 8.35. The topological polar surface area (TPSA) is 92.6 Å². The molecule has 182 valence electrons. The van der Waals surface area contributed by atoms with E-state index < -0.39 is 23.5 Å². The molecule has 1 N–H and O–H groups in total. The minimum Gasteiger partial charge on any atom is -0.507 e. The van der Waals surface area contributed by atoms with Gasteiger partial charge in [0, 0.05) is 11.8 Å². The van der Waals surface area contributed by atoms with Crippen LogP contribution in [0.4, 0.5) is 9.52 Å². The van der Waals surface area contributed by atoms with Gasteiger partial charge in [0.2, 0.25) is 0 Å². The van der Waals surface area contributed by atoms with Gasteiger partial charge in [0.25, 0.3) is 5.78 Å². The molecule has 0 aliphatic carbocycles. The van der Waals surface area contributed by atoms with Crippen LogP contribution in [0.1, 0.15) is 31.1 Å². The summed E-state index contributed by atoms with van der Waals surface area (Å²) in [4.78, 5) is 36.6. The van der Waals surface area contributed by atoms with E-state index in [1.807, 2.05) is 13.8 Å². The molecule has 3 heterocycles. The molecule has 2 aromatic carbocycles. The first-order valence-electron chi connectivity index (χ1n) is 11.0. The summed E-state index contributed by atoms with van der Waals surface area (Å²) < 4.78 is 20.2. The number of amides is 1. The van der Waals surface area contributed by atoms with E-state index in [9.17, 15) is 19.1 Å². The smallest absolute Gasteiger partial charge is 0.301 e.